The van der Waals surface area contributed by atoms with Gasteiger partial charge in [0, 0.05) is 10.9 Å². The van der Waals surface area contributed by atoms with Gasteiger partial charge in [0.2, 0.25) is 0 Å². The first-order valence-electron chi connectivity index (χ1n) is 7.13. The number of hydrogen-bond acceptors (Lipinski definition) is 3. The molecule has 0 saturated heterocycles. The predicted octanol–water partition coefficient (Wildman–Crippen LogP) is 2.86. The third-order valence-electron chi connectivity index (χ3n) is 3.80. The van der Waals surface area contributed by atoms with E-state index in [4.69, 9.17) is 5.11 Å². The summed E-state index contributed by atoms with van der Waals surface area (Å²) in [5, 5.41) is 11.6. The molecule has 1 aliphatic rings. The smallest absolute Gasteiger partial charge is 0.305 e. The van der Waals surface area contributed by atoms with Gasteiger partial charge < -0.3 is 10.4 Å². The van der Waals surface area contributed by atoms with Crippen LogP contribution >= 0.6 is 11.3 Å². The first kappa shape index (κ1) is 15.0. The Labute approximate surface area is 123 Å². The number of rotatable bonds is 5. The van der Waals surface area contributed by atoms with Crippen LogP contribution < -0.4 is 5.32 Å². The highest BCUT2D eigenvalue weighted by Crippen LogP contribution is 2.32. The molecule has 0 saturated carbocycles. The molecule has 1 aliphatic carbocycles. The molecule has 0 bridgehead atoms. The molecular weight excluding hydrogens is 274 g/mol. The van der Waals surface area contributed by atoms with E-state index in [1.165, 1.54) is 16.9 Å². The zero-order valence-corrected chi connectivity index (χ0v) is 12.8. The molecule has 1 amide bonds. The van der Waals surface area contributed by atoms with Gasteiger partial charge in [-0.1, -0.05) is 13.8 Å². The number of carbonyl (C=O) groups excluding carboxylic acids is 1. The summed E-state index contributed by atoms with van der Waals surface area (Å²) in [5.74, 6) is -0.329. The second kappa shape index (κ2) is 6.39. The van der Waals surface area contributed by atoms with E-state index in [9.17, 15) is 9.59 Å². The molecule has 1 aromatic heterocycles. The van der Waals surface area contributed by atoms with Gasteiger partial charge >= 0.3 is 5.97 Å². The molecule has 0 radical (unpaired) electrons. The van der Waals surface area contributed by atoms with Crippen LogP contribution in [-0.4, -0.2) is 23.0 Å². The van der Waals surface area contributed by atoms with Crippen LogP contribution in [0.3, 0.4) is 0 Å². The molecule has 2 unspecified atom stereocenters. The van der Waals surface area contributed by atoms with Gasteiger partial charge in [0.25, 0.3) is 5.91 Å². The minimum absolute atomic E-state index is 0.0234. The monoisotopic (exact) mass is 295 g/mol. The third-order valence-corrected chi connectivity index (χ3v) is 5.04. The van der Waals surface area contributed by atoms with Crippen molar-refractivity contribution in [3.05, 3.63) is 21.4 Å². The lowest BCUT2D eigenvalue weighted by Crippen LogP contribution is -2.35. The summed E-state index contributed by atoms with van der Waals surface area (Å²) in [6.45, 7) is 4.12. The van der Waals surface area contributed by atoms with Gasteiger partial charge in [-0.05, 0) is 43.2 Å². The summed E-state index contributed by atoms with van der Waals surface area (Å²) in [5.41, 5.74) is 1.30. The van der Waals surface area contributed by atoms with Crippen molar-refractivity contribution < 1.29 is 14.7 Å². The van der Waals surface area contributed by atoms with Gasteiger partial charge in [0.1, 0.15) is 0 Å². The highest BCUT2D eigenvalue weighted by Gasteiger charge is 2.22. The molecule has 1 heterocycles. The molecule has 0 spiro atoms. The molecular formula is C15H21NO3S. The van der Waals surface area contributed by atoms with Crippen molar-refractivity contribution in [1.82, 2.24) is 5.32 Å². The lowest BCUT2D eigenvalue weighted by atomic mass is 9.90. The first-order chi connectivity index (χ1) is 9.49. The zero-order valence-electron chi connectivity index (χ0n) is 11.9. The van der Waals surface area contributed by atoms with Gasteiger partial charge in [0.05, 0.1) is 11.3 Å². The number of aliphatic carboxylic acids is 1. The summed E-state index contributed by atoms with van der Waals surface area (Å²) in [4.78, 5) is 25.0. The molecule has 0 fully saturated rings. The first-order valence-corrected chi connectivity index (χ1v) is 7.95. The number of amides is 1. The number of hydrogen-bond donors (Lipinski definition) is 2. The maximum Gasteiger partial charge on any atom is 0.305 e. The van der Waals surface area contributed by atoms with Crippen LogP contribution in [0, 0.1) is 5.92 Å². The van der Waals surface area contributed by atoms with Crippen LogP contribution in [0.2, 0.25) is 0 Å². The fraction of sp³-hybridized carbons (Fsp3) is 0.600. The summed E-state index contributed by atoms with van der Waals surface area (Å²) >= 11 is 1.56. The molecule has 2 atom stereocenters. The minimum atomic E-state index is -0.878. The highest BCUT2D eigenvalue weighted by atomic mass is 32.1. The lowest BCUT2D eigenvalue weighted by molar-refractivity contribution is -0.137. The van der Waals surface area contributed by atoms with Crippen molar-refractivity contribution in [2.45, 2.75) is 52.0 Å². The number of fused-ring (bicyclic) bond motifs is 1. The van der Waals surface area contributed by atoms with Crippen LogP contribution in [-0.2, 0) is 17.6 Å². The van der Waals surface area contributed by atoms with Crippen LogP contribution in [0.4, 0.5) is 0 Å². The SMILES string of the molecule is CCC(CC(=O)O)NC(=O)c1cc2c(s1)CCC(C)C2. The van der Waals surface area contributed by atoms with E-state index in [2.05, 4.69) is 12.2 Å². The van der Waals surface area contributed by atoms with Gasteiger partial charge in [-0.25, -0.2) is 0 Å². The van der Waals surface area contributed by atoms with Gasteiger partial charge in [-0.3, -0.25) is 9.59 Å². The topological polar surface area (TPSA) is 66.4 Å². The Kier molecular flexibility index (Phi) is 4.81. The predicted molar refractivity (Wildman–Crippen MR) is 79.3 cm³/mol. The molecule has 110 valence electrons. The van der Waals surface area contributed by atoms with Crippen LogP contribution in [0.25, 0.3) is 0 Å². The fourth-order valence-electron chi connectivity index (χ4n) is 2.58. The zero-order chi connectivity index (χ0) is 14.7. The van der Waals surface area contributed by atoms with Crippen molar-refractivity contribution in [1.29, 1.82) is 0 Å². The Morgan fingerprint density at radius 3 is 2.95 bits per heavy atom. The van der Waals surface area contributed by atoms with E-state index in [-0.39, 0.29) is 18.4 Å². The van der Waals surface area contributed by atoms with E-state index in [0.717, 1.165) is 12.8 Å². The van der Waals surface area contributed by atoms with Crippen molar-refractivity contribution >= 4 is 23.2 Å². The van der Waals surface area contributed by atoms with E-state index < -0.39 is 5.97 Å². The number of aryl methyl sites for hydroxylation is 1. The molecule has 2 rings (SSSR count). The maximum absolute atomic E-state index is 12.2. The number of carboxylic acids is 1. The second-order valence-corrected chi connectivity index (χ2v) is 6.72. The van der Waals surface area contributed by atoms with Crippen LogP contribution in [0.15, 0.2) is 6.07 Å². The van der Waals surface area contributed by atoms with E-state index >= 15 is 0 Å². The van der Waals surface area contributed by atoms with E-state index in [1.807, 2.05) is 13.0 Å². The van der Waals surface area contributed by atoms with Gasteiger partial charge in [-0.15, -0.1) is 11.3 Å². The van der Waals surface area contributed by atoms with E-state index in [0.29, 0.717) is 17.2 Å². The molecule has 4 nitrogen and oxygen atoms in total. The van der Waals surface area contributed by atoms with Crippen molar-refractivity contribution in [2.75, 3.05) is 0 Å². The molecule has 1 aromatic rings. The Morgan fingerprint density at radius 1 is 1.55 bits per heavy atom. The molecule has 2 N–H and O–H groups in total. The fourth-order valence-corrected chi connectivity index (χ4v) is 3.69. The van der Waals surface area contributed by atoms with Crippen LogP contribution in [0.1, 0.15) is 53.2 Å². The summed E-state index contributed by atoms with van der Waals surface area (Å²) in [6, 6.07) is 1.69. The molecule has 0 aliphatic heterocycles. The van der Waals surface area contributed by atoms with Gasteiger partial charge in [-0.2, -0.15) is 0 Å². The van der Waals surface area contributed by atoms with Crippen molar-refractivity contribution in [3.63, 3.8) is 0 Å². The van der Waals surface area contributed by atoms with Gasteiger partial charge in [0.15, 0.2) is 0 Å². The number of carbonyl (C=O) groups is 2. The molecule has 0 aromatic carbocycles. The Morgan fingerprint density at radius 2 is 2.30 bits per heavy atom. The van der Waals surface area contributed by atoms with Crippen molar-refractivity contribution in [3.8, 4) is 0 Å². The third kappa shape index (κ3) is 3.60. The summed E-state index contributed by atoms with van der Waals surface area (Å²) in [6.07, 6.45) is 3.89. The summed E-state index contributed by atoms with van der Waals surface area (Å²) < 4.78 is 0. The Hall–Kier alpha value is -1.36. The number of nitrogens with one attached hydrogen (secondary N) is 1. The standard InChI is InChI=1S/C15H21NO3S/c1-3-11(8-14(17)18)16-15(19)13-7-10-6-9(2)4-5-12(10)20-13/h7,9,11H,3-6,8H2,1-2H3,(H,16,19)(H,17,18). The Bertz CT molecular complexity index is 509. The minimum Gasteiger partial charge on any atom is -0.481 e. The Balaban J connectivity index is 2.04. The quantitative estimate of drug-likeness (QED) is 0.878. The number of carboxylic acid groups (broad SMARTS) is 1. The van der Waals surface area contributed by atoms with Crippen molar-refractivity contribution in [2.24, 2.45) is 5.92 Å². The average Bonchev–Trinajstić information content (AvgIpc) is 2.80. The van der Waals surface area contributed by atoms with E-state index in [1.54, 1.807) is 11.3 Å². The highest BCUT2D eigenvalue weighted by molar-refractivity contribution is 7.14. The average molecular weight is 295 g/mol. The largest absolute Gasteiger partial charge is 0.481 e. The number of thiophene rings is 1. The van der Waals surface area contributed by atoms with Crippen LogP contribution in [0.5, 0.6) is 0 Å². The summed E-state index contributed by atoms with van der Waals surface area (Å²) in [7, 11) is 0. The maximum atomic E-state index is 12.2. The lowest BCUT2D eigenvalue weighted by Gasteiger charge is -2.16. The normalized spacial score (nSPS) is 19.2. The second-order valence-electron chi connectivity index (χ2n) is 5.58. The molecule has 5 heteroatoms. The molecule has 20 heavy (non-hydrogen) atoms.